The molecule has 5 aromatic rings. The number of thioether (sulfide) groups is 1. The second kappa shape index (κ2) is 11.7. The lowest BCUT2D eigenvalue weighted by Crippen LogP contribution is -2.26. The van der Waals surface area contributed by atoms with Crippen LogP contribution in [0, 0.1) is 0 Å². The molecule has 14 heteroatoms. The summed E-state index contributed by atoms with van der Waals surface area (Å²) in [5.74, 6) is 2.46. The minimum Gasteiger partial charge on any atom is -0.454 e. The SMILES string of the molecule is O=C(CCCn1c(SCc2cc(=O)n3cc(Cl)ccc3n2)nc2cc3c(cc2c1=O)OCO3)NCc1ccc2c(c1)OCO2. The maximum Gasteiger partial charge on any atom is 0.262 e. The minimum atomic E-state index is -0.267. The molecule has 44 heavy (non-hydrogen) atoms. The molecule has 0 aliphatic carbocycles. The van der Waals surface area contributed by atoms with Crippen molar-refractivity contribution in [3.63, 3.8) is 0 Å². The molecule has 0 fully saturated rings. The maximum absolute atomic E-state index is 13.7. The van der Waals surface area contributed by atoms with Crippen molar-refractivity contribution >= 4 is 45.8 Å². The fraction of sp³-hybridized carbons (Fsp3) is 0.233. The third kappa shape index (κ3) is 5.63. The highest BCUT2D eigenvalue weighted by Gasteiger charge is 2.20. The molecule has 224 valence electrons. The van der Waals surface area contributed by atoms with Gasteiger partial charge in [-0.1, -0.05) is 29.4 Å². The number of rotatable bonds is 9. The van der Waals surface area contributed by atoms with Crippen LogP contribution in [0.1, 0.15) is 24.1 Å². The van der Waals surface area contributed by atoms with E-state index in [2.05, 4.69) is 10.3 Å². The smallest absolute Gasteiger partial charge is 0.262 e. The molecule has 5 heterocycles. The lowest BCUT2D eigenvalue weighted by atomic mass is 10.2. The molecule has 2 aromatic carbocycles. The number of ether oxygens (including phenoxy) is 4. The molecule has 1 amide bonds. The van der Waals surface area contributed by atoms with Gasteiger partial charge in [0.25, 0.3) is 11.1 Å². The highest BCUT2D eigenvalue weighted by Crippen LogP contribution is 2.35. The third-order valence-electron chi connectivity index (χ3n) is 7.15. The van der Waals surface area contributed by atoms with Gasteiger partial charge in [-0.2, -0.15) is 0 Å². The maximum atomic E-state index is 13.7. The Morgan fingerprint density at radius 1 is 0.932 bits per heavy atom. The number of hydrogen-bond acceptors (Lipinski definition) is 10. The largest absolute Gasteiger partial charge is 0.454 e. The van der Waals surface area contributed by atoms with Gasteiger partial charge in [0.1, 0.15) is 5.65 Å². The number of fused-ring (bicyclic) bond motifs is 4. The van der Waals surface area contributed by atoms with E-state index in [1.807, 2.05) is 18.2 Å². The Labute approximate surface area is 258 Å². The van der Waals surface area contributed by atoms with Crippen molar-refractivity contribution in [3.8, 4) is 23.0 Å². The summed E-state index contributed by atoms with van der Waals surface area (Å²) in [6, 6.07) is 13.6. The highest BCUT2D eigenvalue weighted by molar-refractivity contribution is 7.98. The van der Waals surface area contributed by atoms with Gasteiger partial charge in [0, 0.05) is 43.6 Å². The number of aromatic nitrogens is 4. The standard InChI is InChI=1S/C30H24ClN5O7S/c31-18-4-6-26-33-19(9-28(38)36(26)13-18)14-44-30-34-21-11-25-24(42-16-43-25)10-20(21)29(39)35(30)7-1-2-27(37)32-12-17-3-5-22-23(8-17)41-15-40-22/h3-6,8-11,13H,1-2,7,12,14-16H2,(H,32,37). The number of benzene rings is 2. The molecule has 0 radical (unpaired) electrons. The van der Waals surface area contributed by atoms with Gasteiger partial charge in [0.2, 0.25) is 19.5 Å². The van der Waals surface area contributed by atoms with E-state index >= 15 is 0 Å². The lowest BCUT2D eigenvalue weighted by Gasteiger charge is -2.14. The van der Waals surface area contributed by atoms with Crippen LogP contribution >= 0.6 is 23.4 Å². The summed E-state index contributed by atoms with van der Waals surface area (Å²) in [7, 11) is 0. The average Bonchev–Trinajstić information content (AvgIpc) is 3.68. The fourth-order valence-corrected chi connectivity index (χ4v) is 6.05. The number of carbonyl (C=O) groups is 1. The van der Waals surface area contributed by atoms with Crippen LogP contribution < -0.4 is 35.4 Å². The molecular weight excluding hydrogens is 610 g/mol. The number of nitrogens with zero attached hydrogens (tertiary/aromatic N) is 4. The van der Waals surface area contributed by atoms with E-state index in [0.717, 1.165) is 5.56 Å². The monoisotopic (exact) mass is 633 g/mol. The van der Waals surface area contributed by atoms with Crippen LogP contribution in [-0.4, -0.2) is 38.4 Å². The first-order valence-corrected chi connectivity index (χ1v) is 15.1. The fourth-order valence-electron chi connectivity index (χ4n) is 4.97. The van der Waals surface area contributed by atoms with E-state index < -0.39 is 0 Å². The van der Waals surface area contributed by atoms with Gasteiger partial charge >= 0.3 is 0 Å². The molecule has 0 spiro atoms. The topological polar surface area (TPSA) is 135 Å². The van der Waals surface area contributed by atoms with Gasteiger partial charge in [-0.3, -0.25) is 23.4 Å². The zero-order valence-corrected chi connectivity index (χ0v) is 24.7. The van der Waals surface area contributed by atoms with Crippen LogP contribution in [-0.2, 0) is 23.6 Å². The van der Waals surface area contributed by atoms with Gasteiger partial charge in [-0.25, -0.2) is 9.97 Å². The second-order valence-electron chi connectivity index (χ2n) is 10.1. The summed E-state index contributed by atoms with van der Waals surface area (Å²) in [6.07, 6.45) is 2.11. The van der Waals surface area contributed by atoms with Gasteiger partial charge in [0.15, 0.2) is 28.2 Å². The zero-order valence-electron chi connectivity index (χ0n) is 23.1. The van der Waals surface area contributed by atoms with E-state index in [4.69, 9.17) is 35.5 Å². The summed E-state index contributed by atoms with van der Waals surface area (Å²) >= 11 is 7.31. The Morgan fingerprint density at radius 3 is 2.55 bits per heavy atom. The first-order chi connectivity index (χ1) is 21.4. The normalized spacial score (nSPS) is 13.1. The first kappa shape index (κ1) is 28.0. The van der Waals surface area contributed by atoms with Gasteiger partial charge in [-0.05, 0) is 42.3 Å². The van der Waals surface area contributed by atoms with E-state index in [0.29, 0.717) is 68.4 Å². The molecule has 0 bridgehead atoms. The number of pyridine rings is 1. The predicted molar refractivity (Wildman–Crippen MR) is 162 cm³/mol. The van der Waals surface area contributed by atoms with Gasteiger partial charge < -0.3 is 24.3 Å². The van der Waals surface area contributed by atoms with Gasteiger partial charge in [-0.15, -0.1) is 0 Å². The Morgan fingerprint density at radius 2 is 1.70 bits per heavy atom. The van der Waals surface area contributed by atoms with Crippen LogP contribution in [0.25, 0.3) is 16.6 Å². The molecule has 1 N–H and O–H groups in total. The number of hydrogen-bond donors (Lipinski definition) is 1. The minimum absolute atomic E-state index is 0.0667. The number of carbonyl (C=O) groups excluding carboxylic acids is 1. The van der Waals surface area contributed by atoms with Crippen LogP contribution in [0.5, 0.6) is 23.0 Å². The van der Waals surface area contributed by atoms with Crippen molar-refractivity contribution in [2.75, 3.05) is 13.6 Å². The lowest BCUT2D eigenvalue weighted by molar-refractivity contribution is -0.121. The Bertz CT molecular complexity index is 2060. The van der Waals surface area contributed by atoms with Crippen molar-refractivity contribution in [2.45, 2.75) is 36.8 Å². The summed E-state index contributed by atoms with van der Waals surface area (Å²) in [6.45, 7) is 0.843. The van der Waals surface area contributed by atoms with Crippen molar-refractivity contribution < 1.29 is 23.7 Å². The van der Waals surface area contributed by atoms with E-state index in [1.165, 1.54) is 28.4 Å². The number of nitrogens with one attached hydrogen (secondary N) is 1. The van der Waals surface area contributed by atoms with Crippen molar-refractivity contribution in [3.05, 3.63) is 91.7 Å². The summed E-state index contributed by atoms with van der Waals surface area (Å²) in [4.78, 5) is 48.4. The van der Waals surface area contributed by atoms with Crippen LogP contribution in [0.4, 0.5) is 0 Å². The number of halogens is 1. The Balaban J connectivity index is 1.09. The Hall–Kier alpha value is -4.75. The molecule has 2 aliphatic heterocycles. The molecule has 0 saturated heterocycles. The molecule has 0 saturated carbocycles. The Kier molecular flexibility index (Phi) is 7.48. The highest BCUT2D eigenvalue weighted by atomic mass is 35.5. The van der Waals surface area contributed by atoms with Crippen LogP contribution in [0.2, 0.25) is 5.02 Å². The summed E-state index contributed by atoms with van der Waals surface area (Å²) in [5, 5.41) is 4.15. The molecule has 0 atom stereocenters. The summed E-state index contributed by atoms with van der Waals surface area (Å²) < 4.78 is 24.6. The molecule has 3 aromatic heterocycles. The molecule has 0 unspecified atom stereocenters. The summed E-state index contributed by atoms with van der Waals surface area (Å²) in [5.41, 5.74) is 1.80. The molecular formula is C30H24ClN5O7S. The quantitative estimate of drug-likeness (QED) is 0.188. The second-order valence-corrected chi connectivity index (χ2v) is 11.5. The molecule has 7 rings (SSSR count). The molecule has 2 aliphatic rings. The van der Waals surface area contributed by atoms with Crippen molar-refractivity contribution in [1.82, 2.24) is 24.3 Å². The van der Waals surface area contributed by atoms with E-state index in [-0.39, 0.29) is 49.3 Å². The van der Waals surface area contributed by atoms with Crippen LogP contribution in [0.3, 0.4) is 0 Å². The van der Waals surface area contributed by atoms with Crippen molar-refractivity contribution in [2.24, 2.45) is 0 Å². The predicted octanol–water partition coefficient (Wildman–Crippen LogP) is 3.90. The third-order valence-corrected chi connectivity index (χ3v) is 8.38. The van der Waals surface area contributed by atoms with Crippen LogP contribution in [0.15, 0.2) is 69.5 Å². The zero-order chi connectivity index (χ0) is 30.2. The average molecular weight is 634 g/mol. The van der Waals surface area contributed by atoms with E-state index in [9.17, 15) is 14.4 Å². The molecule has 12 nitrogen and oxygen atoms in total. The number of amides is 1. The van der Waals surface area contributed by atoms with Gasteiger partial charge in [0.05, 0.1) is 21.6 Å². The van der Waals surface area contributed by atoms with E-state index in [1.54, 1.807) is 28.8 Å². The first-order valence-electron chi connectivity index (χ1n) is 13.7. The van der Waals surface area contributed by atoms with Crippen molar-refractivity contribution in [1.29, 1.82) is 0 Å².